The molecule has 1 saturated heterocycles. The smallest absolute Gasteiger partial charge is 0.240 e. The summed E-state index contributed by atoms with van der Waals surface area (Å²) in [6.45, 7) is 1.49. The minimum atomic E-state index is -1.07. The predicted octanol–water partition coefficient (Wildman–Crippen LogP) is 2.76. The van der Waals surface area contributed by atoms with E-state index in [1.165, 1.54) is 18.2 Å². The van der Waals surface area contributed by atoms with Crippen LogP contribution in [-0.2, 0) is 9.59 Å². The maximum atomic E-state index is 13.2. The number of hydrogen-bond donors (Lipinski definition) is 2. The Morgan fingerprint density at radius 1 is 1.13 bits per heavy atom. The lowest BCUT2D eigenvalue weighted by atomic mass is 9.95. The minimum absolute atomic E-state index is 0.0160. The molecule has 1 saturated carbocycles. The first-order valence-electron chi connectivity index (χ1n) is 11.4. The van der Waals surface area contributed by atoms with E-state index in [1.807, 2.05) is 23.1 Å². The molecule has 1 aromatic carbocycles. The summed E-state index contributed by atoms with van der Waals surface area (Å²) in [6, 6.07) is 5.80. The molecule has 3 aliphatic rings. The standard InChI is InChI=1S/C23H33N3O4S/c1-30-17-10-11-19-18(14-17)26(15-20(27)24-16-8-4-2-5-9-16)23(29)21(31-19)22(28)25-12-6-3-7-13-25/h10-11,14,16,21,23,29H,2-9,12-13,15H2,1H3,(H,24,27). The van der Waals surface area contributed by atoms with Crippen molar-refractivity contribution in [1.29, 1.82) is 0 Å². The van der Waals surface area contributed by atoms with E-state index >= 15 is 0 Å². The molecular weight excluding hydrogens is 414 g/mol. The van der Waals surface area contributed by atoms with E-state index in [4.69, 9.17) is 4.74 Å². The highest BCUT2D eigenvalue weighted by molar-refractivity contribution is 8.01. The van der Waals surface area contributed by atoms with Gasteiger partial charge in [0.1, 0.15) is 17.2 Å². The second kappa shape index (κ2) is 10.1. The van der Waals surface area contributed by atoms with E-state index in [0.717, 1.165) is 68.6 Å². The van der Waals surface area contributed by atoms with E-state index in [1.54, 1.807) is 12.0 Å². The molecule has 2 N–H and O–H groups in total. The third-order valence-corrected chi connectivity index (χ3v) is 7.81. The van der Waals surface area contributed by atoms with Crippen molar-refractivity contribution in [2.45, 2.75) is 73.8 Å². The molecule has 8 heteroatoms. The third-order valence-electron chi connectivity index (χ3n) is 6.51. The number of carbonyl (C=O) groups excluding carboxylic acids is 2. The summed E-state index contributed by atoms with van der Waals surface area (Å²) in [4.78, 5) is 30.5. The number of anilines is 1. The van der Waals surface area contributed by atoms with Crippen LogP contribution >= 0.6 is 11.8 Å². The highest BCUT2D eigenvalue weighted by Gasteiger charge is 2.41. The number of fused-ring (bicyclic) bond motifs is 1. The molecule has 2 amide bonds. The molecule has 2 aliphatic heterocycles. The second-order valence-corrected chi connectivity index (χ2v) is 9.89. The molecule has 1 aliphatic carbocycles. The van der Waals surface area contributed by atoms with E-state index in [2.05, 4.69) is 5.32 Å². The Balaban J connectivity index is 1.54. The summed E-state index contributed by atoms with van der Waals surface area (Å²) in [5.41, 5.74) is 0.735. The van der Waals surface area contributed by atoms with E-state index in [9.17, 15) is 14.7 Å². The van der Waals surface area contributed by atoms with Crippen LogP contribution in [0.4, 0.5) is 5.69 Å². The molecule has 2 unspecified atom stereocenters. The van der Waals surface area contributed by atoms with Gasteiger partial charge in [0.25, 0.3) is 0 Å². The normalized spacial score (nSPS) is 24.5. The molecule has 0 aromatic heterocycles. The van der Waals surface area contributed by atoms with Crippen molar-refractivity contribution in [3.05, 3.63) is 18.2 Å². The van der Waals surface area contributed by atoms with Gasteiger partial charge in [0, 0.05) is 30.1 Å². The van der Waals surface area contributed by atoms with Crippen molar-refractivity contribution >= 4 is 29.3 Å². The van der Waals surface area contributed by atoms with Crippen LogP contribution in [0, 0.1) is 0 Å². The highest BCUT2D eigenvalue weighted by Crippen LogP contribution is 2.43. The SMILES string of the molecule is COc1ccc2c(c1)N(CC(=O)NC1CCCCC1)C(O)C(C(=O)N1CCCCC1)S2. The Bertz CT molecular complexity index is 793. The number of nitrogens with one attached hydrogen (secondary N) is 1. The summed E-state index contributed by atoms with van der Waals surface area (Å²) in [6.07, 6.45) is 7.58. The molecule has 31 heavy (non-hydrogen) atoms. The zero-order valence-electron chi connectivity index (χ0n) is 18.2. The Morgan fingerprint density at radius 2 is 1.84 bits per heavy atom. The van der Waals surface area contributed by atoms with Crippen molar-refractivity contribution < 1.29 is 19.4 Å². The number of aliphatic hydroxyl groups excluding tert-OH is 1. The van der Waals surface area contributed by atoms with Crippen LogP contribution in [0.2, 0.25) is 0 Å². The van der Waals surface area contributed by atoms with Crippen molar-refractivity contribution in [3.63, 3.8) is 0 Å². The van der Waals surface area contributed by atoms with Crippen LogP contribution in [0.3, 0.4) is 0 Å². The van der Waals surface area contributed by atoms with Crippen LogP contribution in [0.15, 0.2) is 23.1 Å². The number of ether oxygens (including phenoxy) is 1. The summed E-state index contributed by atoms with van der Waals surface area (Å²) in [7, 11) is 1.59. The second-order valence-electron chi connectivity index (χ2n) is 8.70. The van der Waals surface area contributed by atoms with Gasteiger partial charge in [0.2, 0.25) is 11.8 Å². The molecule has 4 rings (SSSR count). The zero-order chi connectivity index (χ0) is 21.8. The number of likely N-dealkylation sites (tertiary alicyclic amines) is 1. The van der Waals surface area contributed by atoms with Crippen molar-refractivity contribution in [2.75, 3.05) is 31.6 Å². The van der Waals surface area contributed by atoms with Crippen molar-refractivity contribution in [3.8, 4) is 5.75 Å². The fraction of sp³-hybridized carbons (Fsp3) is 0.652. The van der Waals surface area contributed by atoms with Gasteiger partial charge in [0.05, 0.1) is 19.3 Å². The van der Waals surface area contributed by atoms with Gasteiger partial charge < -0.3 is 25.0 Å². The van der Waals surface area contributed by atoms with Gasteiger partial charge in [-0.15, -0.1) is 11.8 Å². The Hall–Kier alpha value is -1.93. The lowest BCUT2D eigenvalue weighted by Gasteiger charge is -2.41. The number of rotatable bonds is 5. The monoisotopic (exact) mass is 447 g/mol. The van der Waals surface area contributed by atoms with Crippen molar-refractivity contribution in [2.24, 2.45) is 0 Å². The van der Waals surface area contributed by atoms with Gasteiger partial charge in [-0.2, -0.15) is 0 Å². The maximum absolute atomic E-state index is 13.2. The molecule has 0 spiro atoms. The molecule has 2 heterocycles. The largest absolute Gasteiger partial charge is 0.497 e. The maximum Gasteiger partial charge on any atom is 0.240 e. The fourth-order valence-electron chi connectivity index (χ4n) is 4.78. The summed E-state index contributed by atoms with van der Waals surface area (Å²) in [5, 5.41) is 13.7. The molecule has 1 aromatic rings. The number of hydrogen-bond acceptors (Lipinski definition) is 6. The molecule has 170 valence electrons. The first-order valence-corrected chi connectivity index (χ1v) is 12.3. The number of nitrogens with zero attached hydrogens (tertiary/aromatic N) is 2. The topological polar surface area (TPSA) is 82.1 Å². The van der Waals surface area contributed by atoms with Gasteiger partial charge in [-0.25, -0.2) is 0 Å². The number of piperidine rings is 1. The first-order chi connectivity index (χ1) is 15.1. The number of thioether (sulfide) groups is 1. The lowest BCUT2D eigenvalue weighted by Crippen LogP contribution is -2.56. The average Bonchev–Trinajstić information content (AvgIpc) is 2.81. The number of carbonyl (C=O) groups is 2. The number of methoxy groups -OCH3 is 1. The fourth-order valence-corrected chi connectivity index (χ4v) is 6.01. The zero-order valence-corrected chi connectivity index (χ0v) is 19.0. The summed E-state index contributed by atoms with van der Waals surface area (Å²) in [5.74, 6) is 0.497. The highest BCUT2D eigenvalue weighted by atomic mass is 32.2. The van der Waals surface area contributed by atoms with Crippen LogP contribution in [0.25, 0.3) is 0 Å². The summed E-state index contributed by atoms with van der Waals surface area (Å²) >= 11 is 1.38. The van der Waals surface area contributed by atoms with Crippen LogP contribution in [0.5, 0.6) is 5.75 Å². The molecule has 2 atom stereocenters. The predicted molar refractivity (Wildman–Crippen MR) is 121 cm³/mol. The Morgan fingerprint density at radius 3 is 2.55 bits per heavy atom. The molecular formula is C23H33N3O4S. The molecule has 2 fully saturated rings. The quantitative estimate of drug-likeness (QED) is 0.722. The Labute approximate surface area is 188 Å². The Kier molecular flexibility index (Phi) is 7.27. The summed E-state index contributed by atoms with van der Waals surface area (Å²) < 4.78 is 5.37. The third kappa shape index (κ3) is 5.12. The van der Waals surface area contributed by atoms with Crippen molar-refractivity contribution in [1.82, 2.24) is 10.2 Å². The average molecular weight is 448 g/mol. The number of benzene rings is 1. The number of amides is 2. The van der Waals surface area contributed by atoms with Crippen LogP contribution in [-0.4, -0.2) is 66.1 Å². The van der Waals surface area contributed by atoms with E-state index in [0.29, 0.717) is 5.75 Å². The van der Waals surface area contributed by atoms with Gasteiger partial charge in [0.15, 0.2) is 0 Å². The van der Waals surface area contributed by atoms with Gasteiger partial charge in [-0.05, 0) is 44.2 Å². The van der Waals surface area contributed by atoms with E-state index < -0.39 is 11.5 Å². The van der Waals surface area contributed by atoms with Gasteiger partial charge >= 0.3 is 0 Å². The molecule has 0 radical (unpaired) electrons. The van der Waals surface area contributed by atoms with Crippen LogP contribution in [0.1, 0.15) is 51.4 Å². The minimum Gasteiger partial charge on any atom is -0.497 e. The first kappa shape index (κ1) is 22.3. The van der Waals surface area contributed by atoms with E-state index in [-0.39, 0.29) is 24.4 Å². The number of aliphatic hydroxyl groups is 1. The van der Waals surface area contributed by atoms with Crippen LogP contribution < -0.4 is 15.0 Å². The lowest BCUT2D eigenvalue weighted by molar-refractivity contribution is -0.133. The van der Waals surface area contributed by atoms with Gasteiger partial charge in [-0.3, -0.25) is 9.59 Å². The molecule has 0 bridgehead atoms. The molecule has 7 nitrogen and oxygen atoms in total. The van der Waals surface area contributed by atoms with Gasteiger partial charge in [-0.1, -0.05) is 19.3 Å².